The third-order valence-corrected chi connectivity index (χ3v) is 6.70. The van der Waals surface area contributed by atoms with Crippen molar-refractivity contribution in [3.63, 3.8) is 0 Å². The van der Waals surface area contributed by atoms with Crippen LogP contribution in [-0.4, -0.2) is 13.1 Å². The van der Waals surface area contributed by atoms with Gasteiger partial charge in [-0.15, -0.1) is 0 Å². The van der Waals surface area contributed by atoms with Crippen LogP contribution in [-0.2, 0) is 11.2 Å². The summed E-state index contributed by atoms with van der Waals surface area (Å²) in [5, 5.41) is 0. The summed E-state index contributed by atoms with van der Waals surface area (Å²) in [5.41, 5.74) is 2.53. The third-order valence-electron chi connectivity index (χ3n) is 6.70. The van der Waals surface area contributed by atoms with Crippen molar-refractivity contribution in [1.29, 1.82) is 0 Å². The quantitative estimate of drug-likeness (QED) is 0.195. The maximum Gasteiger partial charge on any atom is 0.314 e. The molecule has 0 atom stereocenters. The van der Waals surface area contributed by atoms with Crippen LogP contribution in [0.25, 0.3) is 11.1 Å². The van der Waals surface area contributed by atoms with Gasteiger partial charge in [-0.25, -0.2) is 8.78 Å². The van der Waals surface area contributed by atoms with Crippen molar-refractivity contribution in [2.24, 2.45) is 11.8 Å². The van der Waals surface area contributed by atoms with E-state index in [4.69, 9.17) is 4.74 Å². The Labute approximate surface area is 215 Å². The zero-order chi connectivity index (χ0) is 27.1. The number of ether oxygens (including phenoxy) is 2. The van der Waals surface area contributed by atoms with E-state index < -0.39 is 29.2 Å². The molecule has 7 heteroatoms. The van der Waals surface area contributed by atoms with Crippen molar-refractivity contribution < 1.29 is 31.8 Å². The van der Waals surface area contributed by atoms with Gasteiger partial charge in [0.1, 0.15) is 0 Å². The molecule has 0 spiro atoms. The van der Waals surface area contributed by atoms with E-state index in [1.807, 2.05) is 26.0 Å². The number of carbonyl (C=O) groups is 1. The lowest BCUT2D eigenvalue weighted by Crippen LogP contribution is -2.25. The fraction of sp³-hybridized carbons (Fsp3) is 0.367. The smallest absolute Gasteiger partial charge is 0.314 e. The minimum absolute atomic E-state index is 0.214. The molecule has 3 aromatic carbocycles. The van der Waals surface area contributed by atoms with E-state index in [9.17, 15) is 22.4 Å². The number of hydrogen-bond donors (Lipinski definition) is 0. The van der Waals surface area contributed by atoms with Gasteiger partial charge in [0.05, 0.1) is 13.0 Å². The van der Waals surface area contributed by atoms with Gasteiger partial charge >= 0.3 is 5.97 Å². The molecule has 0 N–H and O–H groups in total. The Balaban J connectivity index is 0.000000208. The maximum absolute atomic E-state index is 13.9. The highest BCUT2D eigenvalue weighted by molar-refractivity contribution is 5.75. The number of methoxy groups -OCH3 is 1. The van der Waals surface area contributed by atoms with Crippen LogP contribution in [0.3, 0.4) is 0 Å². The minimum Gasteiger partial charge on any atom is -0.494 e. The van der Waals surface area contributed by atoms with Crippen LogP contribution >= 0.6 is 0 Å². The SMILES string of the molecule is CCc1ccc(-c2ccc(C)cc2)c(F)c1F.COc1ccc(OC(=O)C2CCC(C)CC2)c(F)c1F. The topological polar surface area (TPSA) is 35.5 Å². The monoisotopic (exact) mass is 516 g/mol. The molecular formula is C30H32F4O3. The third kappa shape index (κ3) is 6.90. The lowest BCUT2D eigenvalue weighted by atomic mass is 9.83. The fourth-order valence-electron chi connectivity index (χ4n) is 4.26. The predicted octanol–water partition coefficient (Wildman–Crippen LogP) is 8.21. The zero-order valence-electron chi connectivity index (χ0n) is 21.5. The van der Waals surface area contributed by atoms with Crippen LogP contribution in [0.1, 0.15) is 50.7 Å². The van der Waals surface area contributed by atoms with E-state index in [0.717, 1.165) is 31.2 Å². The molecule has 198 valence electrons. The second kappa shape index (κ2) is 12.7. The minimum atomic E-state index is -1.19. The summed E-state index contributed by atoms with van der Waals surface area (Å²) in [5.74, 6) is -4.53. The Morgan fingerprint density at radius 2 is 1.41 bits per heavy atom. The number of esters is 1. The molecule has 0 radical (unpaired) electrons. The van der Waals surface area contributed by atoms with Gasteiger partial charge in [-0.2, -0.15) is 8.78 Å². The molecule has 0 aromatic heterocycles. The van der Waals surface area contributed by atoms with Crippen molar-refractivity contribution in [2.45, 2.75) is 52.9 Å². The van der Waals surface area contributed by atoms with Crippen molar-refractivity contribution in [3.8, 4) is 22.6 Å². The Hall–Kier alpha value is -3.35. The van der Waals surface area contributed by atoms with E-state index >= 15 is 0 Å². The Kier molecular flexibility index (Phi) is 9.73. The number of hydrogen-bond acceptors (Lipinski definition) is 3. The molecule has 1 aliphatic carbocycles. The van der Waals surface area contributed by atoms with Crippen LogP contribution in [0, 0.1) is 42.0 Å². The van der Waals surface area contributed by atoms with Crippen LogP contribution in [0.5, 0.6) is 11.5 Å². The van der Waals surface area contributed by atoms with Crippen molar-refractivity contribution in [2.75, 3.05) is 7.11 Å². The first-order chi connectivity index (χ1) is 17.7. The fourth-order valence-corrected chi connectivity index (χ4v) is 4.26. The largest absolute Gasteiger partial charge is 0.494 e. The first-order valence-corrected chi connectivity index (χ1v) is 12.4. The molecule has 4 rings (SSSR count). The molecule has 0 unspecified atom stereocenters. The zero-order valence-corrected chi connectivity index (χ0v) is 21.5. The summed E-state index contributed by atoms with van der Waals surface area (Å²) < 4.78 is 64.4. The van der Waals surface area contributed by atoms with Gasteiger partial charge in [0, 0.05) is 5.56 Å². The van der Waals surface area contributed by atoms with Gasteiger partial charge in [0.25, 0.3) is 0 Å². The molecule has 0 bridgehead atoms. The molecule has 0 saturated heterocycles. The summed E-state index contributed by atoms with van der Waals surface area (Å²) >= 11 is 0. The Morgan fingerprint density at radius 3 is 2.00 bits per heavy atom. The molecule has 0 aliphatic heterocycles. The maximum atomic E-state index is 13.9. The van der Waals surface area contributed by atoms with Crippen LogP contribution in [0.4, 0.5) is 17.6 Å². The van der Waals surface area contributed by atoms with E-state index in [1.165, 1.54) is 19.2 Å². The standard InChI is InChI=1S/C15H18F2O3.C15H14F2/c1-9-3-5-10(6-4-9)15(18)20-12-8-7-11(19-2)13(16)14(12)17;1-3-11-8-9-13(15(17)14(11)16)12-6-4-10(2)5-7-12/h7-10H,3-6H2,1-2H3;4-9H,3H2,1-2H3. The molecular weight excluding hydrogens is 484 g/mol. The Morgan fingerprint density at radius 1 is 0.811 bits per heavy atom. The van der Waals surface area contributed by atoms with Gasteiger partial charge in [-0.1, -0.05) is 55.8 Å². The summed E-state index contributed by atoms with van der Waals surface area (Å²) in [6.07, 6.45) is 3.88. The second-order valence-corrected chi connectivity index (χ2v) is 9.39. The first-order valence-electron chi connectivity index (χ1n) is 12.4. The van der Waals surface area contributed by atoms with Gasteiger partial charge in [0.15, 0.2) is 23.1 Å². The summed E-state index contributed by atoms with van der Waals surface area (Å²) in [6, 6.07) is 13.1. The summed E-state index contributed by atoms with van der Waals surface area (Å²) in [7, 11) is 1.24. The summed E-state index contributed by atoms with van der Waals surface area (Å²) in [4.78, 5) is 11.9. The highest BCUT2D eigenvalue weighted by Crippen LogP contribution is 2.32. The lowest BCUT2D eigenvalue weighted by molar-refractivity contribution is -0.140. The highest BCUT2D eigenvalue weighted by atomic mass is 19.2. The van der Waals surface area contributed by atoms with Crippen LogP contribution in [0.15, 0.2) is 48.5 Å². The molecule has 3 nitrogen and oxygen atoms in total. The molecule has 1 saturated carbocycles. The lowest BCUT2D eigenvalue weighted by Gasteiger charge is -2.24. The normalized spacial score (nSPS) is 17.0. The number of benzene rings is 3. The molecule has 1 aliphatic rings. The van der Waals surface area contributed by atoms with Crippen molar-refractivity contribution in [1.82, 2.24) is 0 Å². The number of halogens is 4. The van der Waals surface area contributed by atoms with Gasteiger partial charge < -0.3 is 9.47 Å². The molecule has 1 fully saturated rings. The molecule has 3 aromatic rings. The molecule has 0 amide bonds. The highest BCUT2D eigenvalue weighted by Gasteiger charge is 2.27. The van der Waals surface area contributed by atoms with Gasteiger partial charge in [-0.05, 0) is 68.2 Å². The second-order valence-electron chi connectivity index (χ2n) is 9.39. The number of aryl methyl sites for hydroxylation is 2. The van der Waals surface area contributed by atoms with Crippen LogP contribution in [0.2, 0.25) is 0 Å². The van der Waals surface area contributed by atoms with Crippen LogP contribution < -0.4 is 9.47 Å². The number of rotatable bonds is 5. The Bertz CT molecular complexity index is 1220. The van der Waals surface area contributed by atoms with E-state index in [-0.39, 0.29) is 17.4 Å². The first kappa shape index (κ1) is 28.2. The average molecular weight is 517 g/mol. The van der Waals surface area contributed by atoms with E-state index in [2.05, 4.69) is 11.7 Å². The van der Waals surface area contributed by atoms with Gasteiger partial charge in [-0.3, -0.25) is 4.79 Å². The number of carbonyl (C=O) groups excluding carboxylic acids is 1. The predicted molar refractivity (Wildman–Crippen MR) is 136 cm³/mol. The molecule has 0 heterocycles. The van der Waals surface area contributed by atoms with Gasteiger partial charge in [0.2, 0.25) is 11.6 Å². The summed E-state index contributed by atoms with van der Waals surface area (Å²) in [6.45, 7) is 5.91. The van der Waals surface area contributed by atoms with Crippen molar-refractivity contribution >= 4 is 5.97 Å². The molecule has 37 heavy (non-hydrogen) atoms. The van der Waals surface area contributed by atoms with Crippen molar-refractivity contribution in [3.05, 3.63) is 82.9 Å². The van der Waals surface area contributed by atoms with E-state index in [0.29, 0.717) is 29.0 Å². The van der Waals surface area contributed by atoms with E-state index in [1.54, 1.807) is 24.3 Å². The average Bonchev–Trinajstić information content (AvgIpc) is 2.90.